The summed E-state index contributed by atoms with van der Waals surface area (Å²) in [6, 6.07) is 0.742. The van der Waals surface area contributed by atoms with E-state index in [1.54, 1.807) is 0 Å². The number of methoxy groups -OCH3 is 1. The Kier molecular flexibility index (Phi) is 6.04. The van der Waals surface area contributed by atoms with E-state index < -0.39 is 0 Å². The largest absolute Gasteiger partial charge is 0.489 e. The van der Waals surface area contributed by atoms with Gasteiger partial charge in [0.05, 0.1) is 13.4 Å². The standard InChI is InChI=1S/C15H26N4O2/c1-19(12-7-4-3-5-8-12)10-6-9-16-14-13(21-2)15(20)18-11-17-14/h11-12H,3-10H2,1-2H3,(H2,16,17,18,20). The van der Waals surface area contributed by atoms with Gasteiger partial charge in [-0.3, -0.25) is 4.79 Å². The van der Waals surface area contributed by atoms with Gasteiger partial charge in [0.15, 0.2) is 5.82 Å². The van der Waals surface area contributed by atoms with Crippen LogP contribution in [0.4, 0.5) is 5.82 Å². The van der Waals surface area contributed by atoms with Gasteiger partial charge in [0, 0.05) is 12.6 Å². The van der Waals surface area contributed by atoms with Gasteiger partial charge in [-0.15, -0.1) is 0 Å². The van der Waals surface area contributed by atoms with E-state index in [4.69, 9.17) is 4.74 Å². The summed E-state index contributed by atoms with van der Waals surface area (Å²) in [5.41, 5.74) is -0.255. The summed E-state index contributed by atoms with van der Waals surface area (Å²) in [7, 11) is 3.69. The van der Waals surface area contributed by atoms with Crippen LogP contribution < -0.4 is 15.6 Å². The predicted molar refractivity (Wildman–Crippen MR) is 84.0 cm³/mol. The van der Waals surface area contributed by atoms with Crippen LogP contribution in [0, 0.1) is 0 Å². The van der Waals surface area contributed by atoms with Gasteiger partial charge in [-0.25, -0.2) is 4.98 Å². The molecule has 118 valence electrons. The van der Waals surface area contributed by atoms with Gasteiger partial charge in [-0.1, -0.05) is 19.3 Å². The fourth-order valence-corrected chi connectivity index (χ4v) is 2.94. The Morgan fingerprint density at radius 1 is 1.43 bits per heavy atom. The normalized spacial score (nSPS) is 16.1. The fourth-order valence-electron chi connectivity index (χ4n) is 2.94. The minimum atomic E-state index is -0.255. The summed E-state index contributed by atoms with van der Waals surface area (Å²) < 4.78 is 5.07. The first kappa shape index (κ1) is 15.8. The van der Waals surface area contributed by atoms with E-state index in [9.17, 15) is 4.79 Å². The molecule has 0 saturated heterocycles. The third kappa shape index (κ3) is 4.46. The molecule has 1 fully saturated rings. The molecule has 0 bridgehead atoms. The summed E-state index contributed by atoms with van der Waals surface area (Å²) in [5.74, 6) is 0.764. The molecule has 2 N–H and O–H groups in total. The number of aromatic amines is 1. The summed E-state index contributed by atoms with van der Waals surface area (Å²) in [6.45, 7) is 1.84. The van der Waals surface area contributed by atoms with Crippen LogP contribution in [0.1, 0.15) is 38.5 Å². The van der Waals surface area contributed by atoms with Gasteiger partial charge < -0.3 is 19.9 Å². The van der Waals surface area contributed by atoms with Crippen LogP contribution in [0.3, 0.4) is 0 Å². The molecular weight excluding hydrogens is 268 g/mol. The zero-order valence-electron chi connectivity index (χ0n) is 13.0. The van der Waals surface area contributed by atoms with Crippen molar-refractivity contribution in [1.82, 2.24) is 14.9 Å². The molecule has 6 heteroatoms. The number of rotatable bonds is 7. The molecule has 21 heavy (non-hydrogen) atoms. The van der Waals surface area contributed by atoms with Crippen molar-refractivity contribution >= 4 is 5.82 Å². The number of nitrogens with one attached hydrogen (secondary N) is 2. The molecule has 1 heterocycles. The minimum Gasteiger partial charge on any atom is -0.489 e. The van der Waals surface area contributed by atoms with E-state index in [2.05, 4.69) is 27.2 Å². The monoisotopic (exact) mass is 294 g/mol. The van der Waals surface area contributed by atoms with Crippen LogP contribution in [-0.4, -0.2) is 48.2 Å². The third-order valence-corrected chi connectivity index (χ3v) is 4.19. The van der Waals surface area contributed by atoms with Crippen molar-refractivity contribution in [3.8, 4) is 5.75 Å². The Bertz CT molecular complexity index is 483. The first-order valence-electron chi connectivity index (χ1n) is 7.78. The molecule has 1 aromatic heterocycles. The van der Waals surface area contributed by atoms with Crippen molar-refractivity contribution in [2.24, 2.45) is 0 Å². The molecule has 1 aliphatic rings. The van der Waals surface area contributed by atoms with Crippen LogP contribution in [0.15, 0.2) is 11.1 Å². The molecule has 0 aromatic carbocycles. The van der Waals surface area contributed by atoms with Crippen molar-refractivity contribution in [3.63, 3.8) is 0 Å². The molecule has 2 rings (SSSR count). The second-order valence-electron chi connectivity index (χ2n) is 5.67. The first-order valence-corrected chi connectivity index (χ1v) is 7.78. The molecule has 0 spiro atoms. The molecule has 0 amide bonds. The Labute approximate surface area is 125 Å². The fraction of sp³-hybridized carbons (Fsp3) is 0.733. The van der Waals surface area contributed by atoms with E-state index in [1.165, 1.54) is 45.5 Å². The topological polar surface area (TPSA) is 70.2 Å². The molecule has 1 aromatic rings. The van der Waals surface area contributed by atoms with E-state index in [-0.39, 0.29) is 11.3 Å². The van der Waals surface area contributed by atoms with Crippen molar-refractivity contribution in [3.05, 3.63) is 16.7 Å². The average Bonchev–Trinajstić information content (AvgIpc) is 2.52. The van der Waals surface area contributed by atoms with Crippen molar-refractivity contribution in [2.75, 3.05) is 32.6 Å². The smallest absolute Gasteiger partial charge is 0.295 e. The van der Waals surface area contributed by atoms with E-state index in [1.807, 2.05) is 0 Å². The molecule has 0 unspecified atom stereocenters. The second kappa shape index (κ2) is 8.02. The van der Waals surface area contributed by atoms with Crippen molar-refractivity contribution in [1.29, 1.82) is 0 Å². The first-order chi connectivity index (χ1) is 10.2. The highest BCUT2D eigenvalue weighted by Gasteiger charge is 2.17. The Morgan fingerprint density at radius 2 is 2.19 bits per heavy atom. The van der Waals surface area contributed by atoms with Crippen LogP contribution in [0.25, 0.3) is 0 Å². The third-order valence-electron chi connectivity index (χ3n) is 4.19. The van der Waals surface area contributed by atoms with Crippen LogP contribution >= 0.6 is 0 Å². The lowest BCUT2D eigenvalue weighted by molar-refractivity contribution is 0.191. The number of H-pyrrole nitrogens is 1. The van der Waals surface area contributed by atoms with Crippen molar-refractivity contribution < 1.29 is 4.74 Å². The number of nitrogens with zero attached hydrogens (tertiary/aromatic N) is 2. The molecule has 0 radical (unpaired) electrons. The van der Waals surface area contributed by atoms with Gasteiger partial charge >= 0.3 is 0 Å². The van der Waals surface area contributed by atoms with Crippen molar-refractivity contribution in [2.45, 2.75) is 44.6 Å². The van der Waals surface area contributed by atoms with E-state index in [0.29, 0.717) is 5.82 Å². The molecule has 0 atom stereocenters. The van der Waals surface area contributed by atoms with E-state index in [0.717, 1.165) is 25.6 Å². The SMILES string of the molecule is COc1c(NCCCN(C)C2CCCCC2)nc[nH]c1=O. The maximum absolute atomic E-state index is 11.5. The number of anilines is 1. The number of hydrogen-bond acceptors (Lipinski definition) is 5. The molecule has 0 aliphatic heterocycles. The van der Waals surface area contributed by atoms with Crippen LogP contribution in [-0.2, 0) is 0 Å². The molecule has 1 aliphatic carbocycles. The maximum atomic E-state index is 11.5. The Balaban J connectivity index is 1.74. The second-order valence-corrected chi connectivity index (χ2v) is 5.67. The van der Waals surface area contributed by atoms with Crippen LogP contribution in [0.5, 0.6) is 5.75 Å². The lowest BCUT2D eigenvalue weighted by Crippen LogP contribution is -2.34. The highest BCUT2D eigenvalue weighted by molar-refractivity contribution is 5.47. The summed E-state index contributed by atoms with van der Waals surface area (Å²) in [5, 5.41) is 3.18. The van der Waals surface area contributed by atoms with Gasteiger partial charge in [0.1, 0.15) is 0 Å². The lowest BCUT2D eigenvalue weighted by Gasteiger charge is -2.31. The zero-order valence-corrected chi connectivity index (χ0v) is 13.0. The van der Waals surface area contributed by atoms with Crippen LogP contribution in [0.2, 0.25) is 0 Å². The molecule has 6 nitrogen and oxygen atoms in total. The van der Waals surface area contributed by atoms with Gasteiger partial charge in [0.2, 0.25) is 5.75 Å². The highest BCUT2D eigenvalue weighted by atomic mass is 16.5. The number of hydrogen-bond donors (Lipinski definition) is 2. The Morgan fingerprint density at radius 3 is 2.90 bits per heavy atom. The average molecular weight is 294 g/mol. The lowest BCUT2D eigenvalue weighted by atomic mass is 9.94. The predicted octanol–water partition coefficient (Wildman–Crippen LogP) is 1.84. The number of ether oxygens (including phenoxy) is 1. The highest BCUT2D eigenvalue weighted by Crippen LogP contribution is 2.21. The van der Waals surface area contributed by atoms with Gasteiger partial charge in [-0.05, 0) is 32.9 Å². The summed E-state index contributed by atoms with van der Waals surface area (Å²) >= 11 is 0. The summed E-state index contributed by atoms with van der Waals surface area (Å²) in [4.78, 5) is 20.6. The summed E-state index contributed by atoms with van der Waals surface area (Å²) in [6.07, 6.45) is 9.18. The number of aromatic nitrogens is 2. The Hall–Kier alpha value is -1.56. The van der Waals surface area contributed by atoms with E-state index >= 15 is 0 Å². The minimum absolute atomic E-state index is 0.248. The zero-order chi connectivity index (χ0) is 15.1. The quantitative estimate of drug-likeness (QED) is 0.751. The van der Waals surface area contributed by atoms with Gasteiger partial charge in [0.25, 0.3) is 5.56 Å². The van der Waals surface area contributed by atoms with Gasteiger partial charge in [-0.2, -0.15) is 0 Å². The molecular formula is C15H26N4O2. The maximum Gasteiger partial charge on any atom is 0.295 e. The molecule has 1 saturated carbocycles.